The lowest BCUT2D eigenvalue weighted by molar-refractivity contribution is 0.134. The first kappa shape index (κ1) is 11.6. The zero-order valence-corrected chi connectivity index (χ0v) is 10.9. The summed E-state index contributed by atoms with van der Waals surface area (Å²) in [5.74, 6) is 0. The number of aromatic nitrogens is 1. The monoisotopic (exact) mass is 282 g/mol. The van der Waals surface area contributed by atoms with Gasteiger partial charge in [-0.1, -0.05) is 6.07 Å². The van der Waals surface area contributed by atoms with Crippen LogP contribution in [0.1, 0.15) is 11.1 Å². The van der Waals surface area contributed by atoms with E-state index >= 15 is 0 Å². The average molecular weight is 282 g/mol. The maximum atomic E-state index is 12.0. The minimum absolute atomic E-state index is 0.208. The van der Waals surface area contributed by atoms with Crippen molar-refractivity contribution in [1.29, 1.82) is 0 Å². The molecule has 0 spiro atoms. The molecule has 0 atom stereocenters. The lowest BCUT2D eigenvalue weighted by Crippen LogP contribution is -2.11. The first-order chi connectivity index (χ1) is 8.65. The molecule has 0 saturated carbocycles. The lowest BCUT2D eigenvalue weighted by atomic mass is 10.1. The molecule has 1 aromatic carbocycles. The molecule has 3 rings (SSSR count). The van der Waals surface area contributed by atoms with Gasteiger partial charge in [-0.05, 0) is 23.3 Å². The van der Waals surface area contributed by atoms with Gasteiger partial charge >= 0.3 is 0 Å². The summed E-state index contributed by atoms with van der Waals surface area (Å²) in [6, 6.07) is 5.43. The number of nitrogens with zero attached hydrogens (tertiary/aromatic N) is 1. The summed E-state index contributed by atoms with van der Waals surface area (Å²) in [7, 11) is -3.52. The first-order valence-corrected chi connectivity index (χ1v) is 7.62. The van der Waals surface area contributed by atoms with E-state index in [-0.39, 0.29) is 4.21 Å². The van der Waals surface area contributed by atoms with Gasteiger partial charge in [-0.15, -0.1) is 11.3 Å². The molecular weight excluding hydrogens is 272 g/mol. The fourth-order valence-corrected chi connectivity index (χ4v) is 3.62. The number of fused-ring (bicyclic) bond motifs is 1. The standard InChI is InChI=1S/C11H10N2O3S2/c14-18(15,11-4-12-7-17-11)13-10-2-1-8-5-16-6-9(8)3-10/h1-4,7,13H,5-6H2. The smallest absolute Gasteiger partial charge is 0.273 e. The molecule has 0 bridgehead atoms. The third kappa shape index (κ3) is 2.12. The number of anilines is 1. The summed E-state index contributed by atoms with van der Waals surface area (Å²) >= 11 is 1.09. The second-order valence-electron chi connectivity index (χ2n) is 3.90. The van der Waals surface area contributed by atoms with Crippen LogP contribution in [0.2, 0.25) is 0 Å². The molecule has 1 aromatic heterocycles. The average Bonchev–Trinajstić information content (AvgIpc) is 2.99. The Balaban J connectivity index is 1.89. The predicted octanol–water partition coefficient (Wildman–Crippen LogP) is 1.97. The number of hydrogen-bond acceptors (Lipinski definition) is 5. The van der Waals surface area contributed by atoms with Crippen molar-refractivity contribution in [2.45, 2.75) is 17.4 Å². The highest BCUT2D eigenvalue weighted by molar-refractivity contribution is 7.94. The Hall–Kier alpha value is -1.44. The Bertz CT molecular complexity index is 666. The van der Waals surface area contributed by atoms with Gasteiger partial charge in [0, 0.05) is 5.69 Å². The molecule has 1 aliphatic heterocycles. The Morgan fingerprint density at radius 3 is 2.89 bits per heavy atom. The van der Waals surface area contributed by atoms with E-state index in [2.05, 4.69) is 9.71 Å². The molecule has 5 nitrogen and oxygen atoms in total. The second kappa shape index (κ2) is 4.34. The van der Waals surface area contributed by atoms with E-state index in [1.807, 2.05) is 6.07 Å². The zero-order chi connectivity index (χ0) is 12.6. The molecule has 0 saturated heterocycles. The van der Waals surface area contributed by atoms with Crippen LogP contribution in [0.15, 0.2) is 34.1 Å². The molecule has 7 heteroatoms. The molecule has 0 amide bonds. The minimum Gasteiger partial charge on any atom is -0.372 e. The van der Waals surface area contributed by atoms with Gasteiger partial charge < -0.3 is 4.74 Å². The summed E-state index contributed by atoms with van der Waals surface area (Å²) in [4.78, 5) is 3.77. The Kier molecular flexibility index (Phi) is 2.81. The van der Waals surface area contributed by atoms with Crippen LogP contribution in [0.4, 0.5) is 5.69 Å². The summed E-state index contributed by atoms with van der Waals surface area (Å²) in [5.41, 5.74) is 4.17. The molecule has 0 unspecified atom stereocenters. The van der Waals surface area contributed by atoms with Crippen LogP contribution < -0.4 is 4.72 Å². The highest BCUT2D eigenvalue weighted by atomic mass is 32.2. The predicted molar refractivity (Wildman–Crippen MR) is 67.9 cm³/mol. The topological polar surface area (TPSA) is 68.3 Å². The van der Waals surface area contributed by atoms with E-state index in [4.69, 9.17) is 4.74 Å². The number of rotatable bonds is 3. The number of thiazole rings is 1. The van der Waals surface area contributed by atoms with E-state index < -0.39 is 10.0 Å². The molecule has 18 heavy (non-hydrogen) atoms. The Labute approximate surface area is 108 Å². The van der Waals surface area contributed by atoms with E-state index in [1.165, 1.54) is 11.7 Å². The van der Waals surface area contributed by atoms with Gasteiger partial charge in [0.25, 0.3) is 10.0 Å². The van der Waals surface area contributed by atoms with Crippen molar-refractivity contribution in [3.8, 4) is 0 Å². The van der Waals surface area contributed by atoms with Crippen LogP contribution in [0.5, 0.6) is 0 Å². The lowest BCUT2D eigenvalue weighted by Gasteiger charge is -2.07. The molecule has 0 fully saturated rings. The molecule has 94 valence electrons. The highest BCUT2D eigenvalue weighted by Crippen LogP contribution is 2.25. The van der Waals surface area contributed by atoms with Crippen molar-refractivity contribution in [3.05, 3.63) is 41.0 Å². The van der Waals surface area contributed by atoms with Crippen molar-refractivity contribution in [3.63, 3.8) is 0 Å². The number of nitrogens with one attached hydrogen (secondary N) is 1. The highest BCUT2D eigenvalue weighted by Gasteiger charge is 2.17. The number of benzene rings is 1. The van der Waals surface area contributed by atoms with E-state index in [1.54, 1.807) is 12.1 Å². The third-order valence-corrected chi connectivity index (χ3v) is 5.30. The molecule has 1 aliphatic rings. The maximum absolute atomic E-state index is 12.0. The van der Waals surface area contributed by atoms with E-state index in [0.29, 0.717) is 18.9 Å². The van der Waals surface area contributed by atoms with E-state index in [0.717, 1.165) is 22.5 Å². The van der Waals surface area contributed by atoms with Crippen LogP contribution in [-0.4, -0.2) is 13.4 Å². The molecular formula is C11H10N2O3S2. The van der Waals surface area contributed by atoms with E-state index in [9.17, 15) is 8.42 Å². The quantitative estimate of drug-likeness (QED) is 0.934. The Morgan fingerprint density at radius 2 is 2.11 bits per heavy atom. The van der Waals surface area contributed by atoms with Crippen molar-refractivity contribution < 1.29 is 13.2 Å². The minimum atomic E-state index is -3.52. The normalized spacial score (nSPS) is 14.4. The number of ether oxygens (including phenoxy) is 1. The summed E-state index contributed by atoms with van der Waals surface area (Å²) in [6.07, 6.45) is 1.34. The van der Waals surface area contributed by atoms with Crippen molar-refractivity contribution in [1.82, 2.24) is 4.98 Å². The van der Waals surface area contributed by atoms with Gasteiger partial charge in [-0.25, -0.2) is 8.42 Å². The fraction of sp³-hybridized carbons (Fsp3) is 0.182. The fourth-order valence-electron chi connectivity index (χ4n) is 1.78. The van der Waals surface area contributed by atoms with Gasteiger partial charge in [-0.2, -0.15) is 0 Å². The molecule has 2 heterocycles. The number of hydrogen-bond donors (Lipinski definition) is 1. The van der Waals surface area contributed by atoms with Crippen LogP contribution >= 0.6 is 11.3 Å². The van der Waals surface area contributed by atoms with Crippen molar-refractivity contribution >= 4 is 27.0 Å². The largest absolute Gasteiger partial charge is 0.372 e. The zero-order valence-electron chi connectivity index (χ0n) is 9.29. The van der Waals surface area contributed by atoms with Gasteiger partial charge in [0.2, 0.25) is 0 Å². The molecule has 1 N–H and O–H groups in total. The van der Waals surface area contributed by atoms with Gasteiger partial charge in [0.1, 0.15) is 0 Å². The van der Waals surface area contributed by atoms with Gasteiger partial charge in [0.15, 0.2) is 4.21 Å². The molecule has 2 aromatic rings. The Morgan fingerprint density at radius 1 is 1.28 bits per heavy atom. The summed E-state index contributed by atoms with van der Waals surface area (Å²) in [6.45, 7) is 1.13. The van der Waals surface area contributed by atoms with Crippen LogP contribution in [-0.2, 0) is 28.0 Å². The second-order valence-corrected chi connectivity index (χ2v) is 6.70. The SMILES string of the molecule is O=S(=O)(Nc1ccc2c(c1)COC2)c1cncs1. The van der Waals surface area contributed by atoms with Crippen molar-refractivity contribution in [2.24, 2.45) is 0 Å². The van der Waals surface area contributed by atoms with Gasteiger partial charge in [-0.3, -0.25) is 9.71 Å². The molecule has 0 aliphatic carbocycles. The molecule has 0 radical (unpaired) electrons. The summed E-state index contributed by atoms with van der Waals surface area (Å²) in [5, 5.41) is 0. The van der Waals surface area contributed by atoms with Crippen molar-refractivity contribution in [2.75, 3.05) is 4.72 Å². The maximum Gasteiger partial charge on any atom is 0.273 e. The van der Waals surface area contributed by atoms with Crippen LogP contribution in [0, 0.1) is 0 Å². The van der Waals surface area contributed by atoms with Crippen LogP contribution in [0.25, 0.3) is 0 Å². The van der Waals surface area contributed by atoms with Crippen LogP contribution in [0.3, 0.4) is 0 Å². The first-order valence-electron chi connectivity index (χ1n) is 5.26. The van der Waals surface area contributed by atoms with Gasteiger partial charge in [0.05, 0.1) is 24.9 Å². The summed E-state index contributed by atoms with van der Waals surface area (Å²) < 4.78 is 32.0. The third-order valence-electron chi connectivity index (χ3n) is 2.65. The number of sulfonamides is 1.